The van der Waals surface area contributed by atoms with Crippen LogP contribution >= 0.6 is 23.6 Å². The maximum absolute atomic E-state index is 5.16. The minimum Gasteiger partial charge on any atom is -0.354 e. The van der Waals surface area contributed by atoms with Crippen LogP contribution in [0.25, 0.3) is 10.7 Å². The van der Waals surface area contributed by atoms with Crippen LogP contribution < -0.4 is 4.90 Å². The quantitative estimate of drug-likeness (QED) is 0.876. The number of aromatic amines is 1. The summed E-state index contributed by atoms with van der Waals surface area (Å²) < 4.78 is 2.52. The second kappa shape index (κ2) is 5.19. The number of aromatic nitrogens is 4. The second-order valence-corrected chi connectivity index (χ2v) is 5.69. The predicted octanol–water partition coefficient (Wildman–Crippen LogP) is 2.62. The van der Waals surface area contributed by atoms with Gasteiger partial charge < -0.3 is 9.47 Å². The molecule has 0 amide bonds. The molecule has 5 nitrogen and oxygen atoms in total. The van der Waals surface area contributed by atoms with Gasteiger partial charge in [-0.05, 0) is 18.6 Å². The molecule has 0 saturated carbocycles. The minimum absolute atomic E-state index is 0.632. The zero-order valence-electron chi connectivity index (χ0n) is 11.0. The third-order valence-corrected chi connectivity index (χ3v) is 4.26. The van der Waals surface area contributed by atoms with E-state index in [0.717, 1.165) is 34.4 Å². The number of thiazole rings is 1. The van der Waals surface area contributed by atoms with Crippen molar-refractivity contribution < 1.29 is 0 Å². The SMILES string of the molecule is CCCc1nc(N(C)C)sc1-c1n[nH]c(=S)n1C. The van der Waals surface area contributed by atoms with Gasteiger partial charge in [-0.1, -0.05) is 24.7 Å². The highest BCUT2D eigenvalue weighted by atomic mass is 32.1. The lowest BCUT2D eigenvalue weighted by molar-refractivity contribution is 0.874. The fraction of sp³-hybridized carbons (Fsp3) is 0.545. The lowest BCUT2D eigenvalue weighted by Crippen LogP contribution is -2.07. The molecule has 98 valence electrons. The van der Waals surface area contributed by atoms with Crippen LogP contribution in [0.3, 0.4) is 0 Å². The number of anilines is 1. The Morgan fingerprint density at radius 3 is 2.67 bits per heavy atom. The zero-order valence-corrected chi connectivity index (χ0v) is 12.7. The summed E-state index contributed by atoms with van der Waals surface area (Å²) >= 11 is 6.81. The van der Waals surface area contributed by atoms with Crippen LogP contribution in [-0.2, 0) is 13.5 Å². The van der Waals surface area contributed by atoms with Crippen LogP contribution in [0.5, 0.6) is 0 Å². The maximum atomic E-state index is 5.16. The molecule has 0 saturated heterocycles. The van der Waals surface area contributed by atoms with E-state index in [4.69, 9.17) is 12.2 Å². The number of nitrogens with one attached hydrogen (secondary N) is 1. The highest BCUT2D eigenvalue weighted by Crippen LogP contribution is 2.33. The van der Waals surface area contributed by atoms with E-state index in [1.54, 1.807) is 11.3 Å². The molecule has 2 heterocycles. The topological polar surface area (TPSA) is 49.7 Å². The van der Waals surface area contributed by atoms with Gasteiger partial charge in [-0.3, -0.25) is 5.10 Å². The molecule has 1 N–H and O–H groups in total. The van der Waals surface area contributed by atoms with Crippen molar-refractivity contribution in [3.8, 4) is 10.7 Å². The Hall–Kier alpha value is -1.21. The first-order valence-electron chi connectivity index (χ1n) is 5.83. The Kier molecular flexibility index (Phi) is 3.82. The van der Waals surface area contributed by atoms with Crippen molar-refractivity contribution in [2.75, 3.05) is 19.0 Å². The summed E-state index contributed by atoms with van der Waals surface area (Å²) in [6.45, 7) is 2.15. The Morgan fingerprint density at radius 2 is 2.17 bits per heavy atom. The normalized spacial score (nSPS) is 10.9. The molecule has 0 radical (unpaired) electrons. The molecule has 18 heavy (non-hydrogen) atoms. The predicted molar refractivity (Wildman–Crippen MR) is 77.8 cm³/mol. The fourth-order valence-corrected chi connectivity index (χ4v) is 2.85. The fourth-order valence-electron chi connectivity index (χ4n) is 1.66. The van der Waals surface area contributed by atoms with E-state index < -0.39 is 0 Å². The highest BCUT2D eigenvalue weighted by Gasteiger charge is 2.17. The molecule has 0 aliphatic rings. The molecule has 7 heteroatoms. The first-order chi connectivity index (χ1) is 8.54. The van der Waals surface area contributed by atoms with E-state index in [1.807, 2.05) is 30.6 Å². The molecule has 0 aliphatic heterocycles. The lowest BCUT2D eigenvalue weighted by atomic mass is 10.2. The van der Waals surface area contributed by atoms with Crippen molar-refractivity contribution in [2.45, 2.75) is 19.8 Å². The molecular formula is C11H17N5S2. The van der Waals surface area contributed by atoms with Gasteiger partial charge in [0.15, 0.2) is 15.7 Å². The van der Waals surface area contributed by atoms with E-state index in [0.29, 0.717) is 4.77 Å². The summed E-state index contributed by atoms with van der Waals surface area (Å²) in [5, 5.41) is 8.13. The summed E-state index contributed by atoms with van der Waals surface area (Å²) in [6.07, 6.45) is 2.03. The van der Waals surface area contributed by atoms with Crippen LogP contribution in [0, 0.1) is 4.77 Å². The van der Waals surface area contributed by atoms with Crippen molar-refractivity contribution >= 4 is 28.7 Å². The third kappa shape index (κ3) is 2.32. The van der Waals surface area contributed by atoms with Crippen molar-refractivity contribution in [1.82, 2.24) is 19.7 Å². The number of rotatable bonds is 4. The number of H-pyrrole nitrogens is 1. The zero-order chi connectivity index (χ0) is 13.3. The summed E-state index contributed by atoms with van der Waals surface area (Å²) in [5.41, 5.74) is 1.10. The van der Waals surface area contributed by atoms with Gasteiger partial charge in [-0.15, -0.1) is 0 Å². The van der Waals surface area contributed by atoms with Gasteiger partial charge in [0.1, 0.15) is 0 Å². The van der Waals surface area contributed by atoms with E-state index in [2.05, 4.69) is 22.1 Å². The minimum atomic E-state index is 0.632. The Morgan fingerprint density at radius 1 is 1.44 bits per heavy atom. The average molecular weight is 283 g/mol. The van der Waals surface area contributed by atoms with Gasteiger partial charge in [-0.2, -0.15) is 5.10 Å². The number of hydrogen-bond acceptors (Lipinski definition) is 5. The van der Waals surface area contributed by atoms with Gasteiger partial charge in [0.05, 0.1) is 10.6 Å². The molecule has 0 aliphatic carbocycles. The highest BCUT2D eigenvalue weighted by molar-refractivity contribution is 7.71. The van der Waals surface area contributed by atoms with Crippen LogP contribution in [0.15, 0.2) is 0 Å². The van der Waals surface area contributed by atoms with Crippen LogP contribution in [0.4, 0.5) is 5.13 Å². The van der Waals surface area contributed by atoms with E-state index >= 15 is 0 Å². The Labute approximate surface area is 115 Å². The van der Waals surface area contributed by atoms with E-state index in [1.165, 1.54) is 0 Å². The molecule has 0 atom stereocenters. The molecule has 2 aromatic heterocycles. The number of hydrogen-bond donors (Lipinski definition) is 1. The van der Waals surface area contributed by atoms with Gasteiger partial charge in [0.25, 0.3) is 0 Å². The summed E-state index contributed by atoms with van der Waals surface area (Å²) in [4.78, 5) is 7.80. The van der Waals surface area contributed by atoms with Crippen LogP contribution in [0.2, 0.25) is 0 Å². The Bertz CT molecular complexity index is 593. The largest absolute Gasteiger partial charge is 0.354 e. The van der Waals surface area contributed by atoms with E-state index in [-0.39, 0.29) is 0 Å². The summed E-state index contributed by atoms with van der Waals surface area (Å²) in [6, 6.07) is 0. The molecule has 0 unspecified atom stereocenters. The monoisotopic (exact) mass is 283 g/mol. The standard InChI is InChI=1S/C11H17N5S2/c1-5-6-7-8(18-11(12-7)15(2)3)9-13-14-10(17)16(9)4/h5-6H2,1-4H3,(H,14,17). The Balaban J connectivity index is 2.54. The lowest BCUT2D eigenvalue weighted by Gasteiger charge is -2.05. The first-order valence-corrected chi connectivity index (χ1v) is 7.05. The third-order valence-electron chi connectivity index (χ3n) is 2.64. The van der Waals surface area contributed by atoms with E-state index in [9.17, 15) is 0 Å². The molecule has 2 rings (SSSR count). The van der Waals surface area contributed by atoms with Crippen molar-refractivity contribution in [3.63, 3.8) is 0 Å². The van der Waals surface area contributed by atoms with Crippen LogP contribution in [-0.4, -0.2) is 33.8 Å². The molecule has 0 spiro atoms. The van der Waals surface area contributed by atoms with Crippen molar-refractivity contribution in [2.24, 2.45) is 7.05 Å². The second-order valence-electron chi connectivity index (χ2n) is 4.33. The van der Waals surface area contributed by atoms with Crippen molar-refractivity contribution in [1.29, 1.82) is 0 Å². The number of nitrogens with zero attached hydrogens (tertiary/aromatic N) is 4. The van der Waals surface area contributed by atoms with Crippen LogP contribution in [0.1, 0.15) is 19.0 Å². The molecule has 0 aromatic carbocycles. The van der Waals surface area contributed by atoms with Crippen molar-refractivity contribution in [3.05, 3.63) is 10.5 Å². The molecule has 0 fully saturated rings. The summed E-state index contributed by atoms with van der Waals surface area (Å²) in [7, 11) is 5.93. The van der Waals surface area contributed by atoms with Gasteiger partial charge in [0, 0.05) is 21.1 Å². The van der Waals surface area contributed by atoms with Gasteiger partial charge >= 0.3 is 0 Å². The number of aryl methyl sites for hydroxylation is 1. The molecule has 0 bridgehead atoms. The molecular weight excluding hydrogens is 266 g/mol. The van der Waals surface area contributed by atoms with Gasteiger partial charge in [0.2, 0.25) is 0 Å². The summed E-state index contributed by atoms with van der Waals surface area (Å²) in [5.74, 6) is 0.869. The van der Waals surface area contributed by atoms with Gasteiger partial charge in [-0.25, -0.2) is 4.98 Å². The first kappa shape index (κ1) is 13.2. The molecule has 2 aromatic rings. The average Bonchev–Trinajstić information content (AvgIpc) is 2.86. The smallest absolute Gasteiger partial charge is 0.195 e. The maximum Gasteiger partial charge on any atom is 0.195 e.